The summed E-state index contributed by atoms with van der Waals surface area (Å²) in [6, 6.07) is 14.4. The van der Waals surface area contributed by atoms with Crippen LogP contribution < -0.4 is 10.6 Å². The number of hydrogen-bond donors (Lipinski definition) is 2. The zero-order chi connectivity index (χ0) is 29.2. The number of carbonyl (C=O) groups is 3. The van der Waals surface area contributed by atoms with Gasteiger partial charge in [0.15, 0.2) is 0 Å². The Morgan fingerprint density at radius 1 is 1.23 bits per heavy atom. The number of rotatable bonds is 8. The van der Waals surface area contributed by atoms with Crippen LogP contribution >= 0.6 is 10.7 Å². The van der Waals surface area contributed by atoms with Crippen molar-refractivity contribution in [3.8, 4) is 6.07 Å². The van der Waals surface area contributed by atoms with Gasteiger partial charge < -0.3 is 15.5 Å². The third kappa shape index (κ3) is 5.56. The molecule has 0 aromatic heterocycles. The Kier molecular flexibility index (Phi) is 8.81. The van der Waals surface area contributed by atoms with Crippen molar-refractivity contribution < 1.29 is 14.4 Å². The molecule has 0 saturated carbocycles. The van der Waals surface area contributed by atoms with Crippen molar-refractivity contribution in [2.24, 2.45) is 5.92 Å². The van der Waals surface area contributed by atoms with Gasteiger partial charge in [0.05, 0.1) is 23.3 Å². The van der Waals surface area contributed by atoms with Crippen molar-refractivity contribution in [1.82, 2.24) is 9.21 Å². The summed E-state index contributed by atoms with van der Waals surface area (Å²) in [5, 5.41) is 18.1. The number of nitrogens with one attached hydrogen (secondary N) is 2. The Labute approximate surface area is 239 Å². The zero-order valence-corrected chi connectivity index (χ0v) is 25.0. The van der Waals surface area contributed by atoms with Crippen molar-refractivity contribution >= 4 is 45.1 Å². The predicted octanol–water partition coefficient (Wildman–Crippen LogP) is 4.61. The molecule has 4 atom stereocenters. The SMILES string of the molecule is C/C=S(\CC(=O)Nc1c(C)cccc1C)N(C)[C@@H](CC(C)C)C(=O)N1C[C@]2(C[C@H]1C#N)C(=O)Nc1ccccc12. The molecule has 2 N–H and O–H groups in total. The molecule has 9 heteroatoms. The van der Waals surface area contributed by atoms with E-state index in [1.807, 2.05) is 80.0 Å². The summed E-state index contributed by atoms with van der Waals surface area (Å²) in [7, 11) is 1.24. The minimum absolute atomic E-state index is 0.115. The zero-order valence-electron chi connectivity index (χ0n) is 24.2. The van der Waals surface area contributed by atoms with E-state index in [-0.39, 0.29) is 42.4 Å². The summed E-state index contributed by atoms with van der Waals surface area (Å²) in [6.45, 7) is 10.1. The van der Waals surface area contributed by atoms with E-state index in [0.717, 1.165) is 28.1 Å². The van der Waals surface area contributed by atoms with E-state index in [1.165, 1.54) is 0 Å². The van der Waals surface area contributed by atoms with Crippen LogP contribution in [0.3, 0.4) is 0 Å². The molecule has 8 nitrogen and oxygen atoms in total. The minimum Gasteiger partial charge on any atom is -0.325 e. The van der Waals surface area contributed by atoms with Crippen LogP contribution in [0.25, 0.3) is 0 Å². The molecular formula is C31H39N5O3S. The number of fused-ring (bicyclic) bond motifs is 2. The third-order valence-corrected chi connectivity index (χ3v) is 10.1. The largest absolute Gasteiger partial charge is 0.325 e. The molecule has 1 unspecified atom stereocenters. The predicted molar refractivity (Wildman–Crippen MR) is 162 cm³/mol. The number of anilines is 2. The summed E-state index contributed by atoms with van der Waals surface area (Å²) in [6.07, 6.45) is 0.829. The molecule has 212 valence electrons. The average Bonchev–Trinajstić information content (AvgIpc) is 3.45. The molecule has 1 saturated heterocycles. The van der Waals surface area contributed by atoms with E-state index >= 15 is 0 Å². The molecule has 0 bridgehead atoms. The monoisotopic (exact) mass is 561 g/mol. The smallest absolute Gasteiger partial charge is 0.241 e. The van der Waals surface area contributed by atoms with Crippen LogP contribution in [0.1, 0.15) is 50.3 Å². The molecule has 0 radical (unpaired) electrons. The molecule has 2 aromatic carbocycles. The number of amides is 3. The summed E-state index contributed by atoms with van der Waals surface area (Å²) in [4.78, 5) is 42.2. The number of benzene rings is 2. The number of carbonyl (C=O) groups excluding carboxylic acids is 3. The summed E-state index contributed by atoms with van der Waals surface area (Å²) in [5.41, 5.74) is 3.47. The van der Waals surface area contributed by atoms with Gasteiger partial charge in [0.25, 0.3) is 0 Å². The molecule has 2 aliphatic heterocycles. The second-order valence-electron chi connectivity index (χ2n) is 11.2. The van der Waals surface area contributed by atoms with Crippen LogP contribution in [0.2, 0.25) is 0 Å². The lowest BCUT2D eigenvalue weighted by Gasteiger charge is -2.35. The number of hydrogen-bond acceptors (Lipinski definition) is 5. The van der Waals surface area contributed by atoms with Crippen LogP contribution in [0.5, 0.6) is 0 Å². The molecule has 1 spiro atoms. The van der Waals surface area contributed by atoms with Gasteiger partial charge in [0, 0.05) is 24.3 Å². The normalized spacial score (nSPS) is 21.4. The maximum absolute atomic E-state index is 14.2. The van der Waals surface area contributed by atoms with Gasteiger partial charge in [-0.05, 0) is 68.3 Å². The fraction of sp³-hybridized carbons (Fsp3) is 0.452. The number of likely N-dealkylation sites (N-methyl/N-ethyl adjacent to an activating group) is 1. The van der Waals surface area contributed by atoms with E-state index < -0.39 is 28.2 Å². The van der Waals surface area contributed by atoms with Crippen molar-refractivity contribution in [2.75, 3.05) is 30.0 Å². The van der Waals surface area contributed by atoms with E-state index in [2.05, 4.69) is 30.6 Å². The Bertz CT molecular complexity index is 1380. The second kappa shape index (κ2) is 11.9. The highest BCUT2D eigenvalue weighted by atomic mass is 32.2. The lowest BCUT2D eigenvalue weighted by Crippen LogP contribution is -2.49. The summed E-state index contributed by atoms with van der Waals surface area (Å²) in [5.74, 6) is -0.0380. The van der Waals surface area contributed by atoms with Crippen LogP contribution in [0, 0.1) is 31.1 Å². The van der Waals surface area contributed by atoms with Crippen LogP contribution in [0.4, 0.5) is 11.4 Å². The highest BCUT2D eigenvalue weighted by Crippen LogP contribution is 2.46. The molecule has 0 aliphatic carbocycles. The summed E-state index contributed by atoms with van der Waals surface area (Å²) < 4.78 is 1.98. The molecule has 3 amide bonds. The van der Waals surface area contributed by atoms with E-state index in [1.54, 1.807) is 4.90 Å². The molecule has 2 heterocycles. The average molecular weight is 562 g/mol. The van der Waals surface area contributed by atoms with Crippen molar-refractivity contribution in [1.29, 1.82) is 5.26 Å². The fourth-order valence-corrected chi connectivity index (χ4v) is 7.41. The van der Waals surface area contributed by atoms with Gasteiger partial charge in [-0.25, -0.2) is 4.31 Å². The fourth-order valence-electron chi connectivity index (χ4n) is 5.86. The van der Waals surface area contributed by atoms with E-state index in [4.69, 9.17) is 0 Å². The summed E-state index contributed by atoms with van der Waals surface area (Å²) >= 11 is 0. The molecule has 2 aromatic rings. The Balaban J connectivity index is 1.57. The molecular weight excluding hydrogens is 522 g/mol. The highest BCUT2D eigenvalue weighted by Gasteiger charge is 2.56. The molecule has 40 heavy (non-hydrogen) atoms. The number of aryl methyl sites for hydroxylation is 2. The van der Waals surface area contributed by atoms with Gasteiger partial charge in [0.2, 0.25) is 17.7 Å². The van der Waals surface area contributed by atoms with Gasteiger partial charge in [-0.3, -0.25) is 14.4 Å². The molecule has 2 aliphatic rings. The number of nitriles is 1. The van der Waals surface area contributed by atoms with Crippen molar-refractivity contribution in [2.45, 2.75) is 65.0 Å². The van der Waals surface area contributed by atoms with Gasteiger partial charge in [0.1, 0.15) is 6.04 Å². The van der Waals surface area contributed by atoms with Gasteiger partial charge in [-0.1, -0.05) is 50.2 Å². The van der Waals surface area contributed by atoms with Crippen molar-refractivity contribution in [3.63, 3.8) is 0 Å². The van der Waals surface area contributed by atoms with Crippen LogP contribution in [-0.2, 0) is 19.8 Å². The Morgan fingerprint density at radius 2 is 1.90 bits per heavy atom. The molecule has 1 fully saturated rings. The Hall–Kier alpha value is -3.48. The number of nitrogens with zero attached hydrogens (tertiary/aromatic N) is 3. The Morgan fingerprint density at radius 3 is 2.52 bits per heavy atom. The van der Waals surface area contributed by atoms with Gasteiger partial charge in [-0.2, -0.15) is 5.26 Å². The maximum Gasteiger partial charge on any atom is 0.241 e. The number of likely N-dealkylation sites (tertiary alicyclic amines) is 1. The first-order valence-corrected chi connectivity index (χ1v) is 15.1. The first-order chi connectivity index (χ1) is 19.0. The second-order valence-corrected chi connectivity index (χ2v) is 13.3. The number of para-hydroxylation sites is 2. The minimum atomic E-state index is -0.933. The standard InChI is InChI=1S/C31H39N5O3S/c1-7-40(18-27(37)34-28-21(4)11-10-12-22(28)5)35(6)26(15-20(2)3)29(38)36-19-31(16-23(36)17-32)24-13-8-9-14-25(24)33-30(31)39/h7-14,20,23,26H,15-16,18-19H2,1-6H3,(H,33,39)(H,34,37)/t23-,26-,31-,40?/m0/s1. The quantitative estimate of drug-likeness (QED) is 0.458. The lowest BCUT2D eigenvalue weighted by molar-refractivity contribution is -0.135. The molecule has 4 rings (SSSR count). The van der Waals surface area contributed by atoms with E-state index in [9.17, 15) is 19.6 Å². The van der Waals surface area contributed by atoms with Crippen molar-refractivity contribution in [3.05, 3.63) is 59.2 Å². The third-order valence-electron chi connectivity index (χ3n) is 8.00. The van der Waals surface area contributed by atoms with Gasteiger partial charge >= 0.3 is 0 Å². The highest BCUT2D eigenvalue weighted by molar-refractivity contribution is 8.13. The lowest BCUT2D eigenvalue weighted by atomic mass is 9.80. The first-order valence-electron chi connectivity index (χ1n) is 13.7. The van der Waals surface area contributed by atoms with Gasteiger partial charge in [-0.15, -0.1) is 10.7 Å². The van der Waals surface area contributed by atoms with E-state index in [0.29, 0.717) is 6.42 Å². The topological polar surface area (TPSA) is 106 Å². The van der Waals surface area contributed by atoms with Crippen LogP contribution in [-0.4, -0.2) is 63.7 Å². The first kappa shape index (κ1) is 29.5. The van der Waals surface area contributed by atoms with Crippen LogP contribution in [0.15, 0.2) is 42.5 Å². The maximum atomic E-state index is 14.2.